The van der Waals surface area contributed by atoms with Gasteiger partial charge in [-0.1, -0.05) is 0 Å². The smallest absolute Gasteiger partial charge is 0.225 e. The van der Waals surface area contributed by atoms with E-state index in [-0.39, 0.29) is 11.9 Å². The molecule has 6 nitrogen and oxygen atoms in total. The highest BCUT2D eigenvalue weighted by Gasteiger charge is 2.08. The Hall–Kier alpha value is -1.89. The maximum atomic E-state index is 5.71. The van der Waals surface area contributed by atoms with Gasteiger partial charge >= 0.3 is 0 Å². The molecule has 2 heterocycles. The Labute approximate surface area is 83.8 Å². The third kappa shape index (κ3) is 1.44. The average molecular weight is 208 g/mol. The minimum atomic E-state index is 0.0955. The quantitative estimate of drug-likeness (QED) is 0.622. The van der Waals surface area contributed by atoms with Crippen molar-refractivity contribution < 1.29 is 0 Å². The molecule has 2 rings (SSSR count). The van der Waals surface area contributed by atoms with Crippen LogP contribution in [0, 0.1) is 0 Å². The number of hydrogen-bond donors (Lipinski definition) is 3. The molecule has 0 saturated carbocycles. The first-order valence-electron chi connectivity index (χ1n) is 3.77. The van der Waals surface area contributed by atoms with Crippen LogP contribution in [0.1, 0.15) is 0 Å². The van der Waals surface area contributed by atoms with Gasteiger partial charge < -0.3 is 17.2 Å². The van der Waals surface area contributed by atoms with Crippen LogP contribution in [-0.2, 0) is 0 Å². The molecular formula is C7H8N6S. The highest BCUT2D eigenvalue weighted by Crippen LogP contribution is 2.28. The molecule has 0 spiro atoms. The van der Waals surface area contributed by atoms with Crippen molar-refractivity contribution >= 4 is 28.2 Å². The van der Waals surface area contributed by atoms with Gasteiger partial charge in [-0.15, -0.1) is 11.3 Å². The zero-order chi connectivity index (χ0) is 10.1. The summed E-state index contributed by atoms with van der Waals surface area (Å²) in [5.41, 5.74) is 17.3. The van der Waals surface area contributed by atoms with Gasteiger partial charge in [0.25, 0.3) is 0 Å². The van der Waals surface area contributed by atoms with E-state index in [0.29, 0.717) is 10.8 Å². The van der Waals surface area contributed by atoms with E-state index in [1.165, 1.54) is 11.3 Å². The van der Waals surface area contributed by atoms with Crippen LogP contribution in [0.3, 0.4) is 0 Å². The first-order chi connectivity index (χ1) is 6.66. The fourth-order valence-electron chi connectivity index (χ4n) is 1.04. The van der Waals surface area contributed by atoms with E-state index < -0.39 is 0 Å². The van der Waals surface area contributed by atoms with E-state index in [0.717, 1.165) is 5.56 Å². The lowest BCUT2D eigenvalue weighted by Gasteiger charge is -2.00. The molecule has 0 aromatic carbocycles. The zero-order valence-electron chi connectivity index (χ0n) is 7.14. The van der Waals surface area contributed by atoms with Crippen molar-refractivity contribution in [3.63, 3.8) is 0 Å². The number of nitrogen functional groups attached to an aromatic ring is 3. The fraction of sp³-hybridized carbons (Fsp3) is 0. The molecule has 0 radical (unpaired) electrons. The van der Waals surface area contributed by atoms with Crippen LogP contribution in [0.25, 0.3) is 11.4 Å². The molecule has 0 unspecified atom stereocenters. The Kier molecular flexibility index (Phi) is 1.93. The SMILES string of the molecule is Nc1nc(N)nc(-c2ccsc2N)n1. The van der Waals surface area contributed by atoms with Crippen molar-refractivity contribution in [2.45, 2.75) is 0 Å². The molecule has 0 aliphatic rings. The predicted molar refractivity (Wildman–Crippen MR) is 56.4 cm³/mol. The number of anilines is 3. The zero-order valence-corrected chi connectivity index (χ0v) is 7.95. The first kappa shape index (κ1) is 8.70. The number of aromatic nitrogens is 3. The van der Waals surface area contributed by atoms with Gasteiger partial charge in [-0.05, 0) is 11.4 Å². The Morgan fingerprint density at radius 2 is 1.64 bits per heavy atom. The third-order valence-electron chi connectivity index (χ3n) is 1.61. The van der Waals surface area contributed by atoms with Gasteiger partial charge in [-0.25, -0.2) is 0 Å². The van der Waals surface area contributed by atoms with Gasteiger partial charge in [-0.2, -0.15) is 15.0 Å². The molecule has 7 heteroatoms. The Bertz CT molecular complexity index is 445. The molecule has 0 aliphatic carbocycles. The average Bonchev–Trinajstić information content (AvgIpc) is 2.49. The summed E-state index contributed by atoms with van der Waals surface area (Å²) in [4.78, 5) is 11.5. The Morgan fingerprint density at radius 3 is 2.14 bits per heavy atom. The van der Waals surface area contributed by atoms with Crippen LogP contribution in [0.15, 0.2) is 11.4 Å². The molecule has 0 fully saturated rings. The van der Waals surface area contributed by atoms with E-state index in [1.807, 2.05) is 11.4 Å². The first-order valence-corrected chi connectivity index (χ1v) is 4.65. The van der Waals surface area contributed by atoms with Gasteiger partial charge in [0.2, 0.25) is 11.9 Å². The topological polar surface area (TPSA) is 117 Å². The van der Waals surface area contributed by atoms with E-state index >= 15 is 0 Å². The molecular weight excluding hydrogens is 200 g/mol. The lowest BCUT2D eigenvalue weighted by molar-refractivity contribution is 1.09. The summed E-state index contributed by atoms with van der Waals surface area (Å²) in [6.45, 7) is 0. The molecule has 0 amide bonds. The fourth-order valence-corrected chi connectivity index (χ4v) is 1.67. The number of hydrogen-bond acceptors (Lipinski definition) is 7. The highest BCUT2D eigenvalue weighted by atomic mass is 32.1. The van der Waals surface area contributed by atoms with Crippen molar-refractivity contribution in [2.75, 3.05) is 17.2 Å². The monoisotopic (exact) mass is 208 g/mol. The second kappa shape index (κ2) is 3.11. The number of rotatable bonds is 1. The second-order valence-corrected chi connectivity index (χ2v) is 3.52. The van der Waals surface area contributed by atoms with Crippen molar-refractivity contribution in [1.29, 1.82) is 0 Å². The lowest BCUT2D eigenvalue weighted by Crippen LogP contribution is -2.04. The van der Waals surface area contributed by atoms with Crippen molar-refractivity contribution in [1.82, 2.24) is 15.0 Å². The minimum Gasteiger partial charge on any atom is -0.390 e. The van der Waals surface area contributed by atoms with Crippen LogP contribution >= 0.6 is 11.3 Å². The highest BCUT2D eigenvalue weighted by molar-refractivity contribution is 7.14. The number of nitrogens with zero attached hydrogens (tertiary/aromatic N) is 3. The van der Waals surface area contributed by atoms with Crippen molar-refractivity contribution in [3.05, 3.63) is 11.4 Å². The summed E-state index contributed by atoms with van der Waals surface area (Å²) in [6, 6.07) is 1.81. The van der Waals surface area contributed by atoms with Gasteiger partial charge in [0.15, 0.2) is 5.82 Å². The summed E-state index contributed by atoms with van der Waals surface area (Å²) in [7, 11) is 0. The van der Waals surface area contributed by atoms with Gasteiger partial charge in [0.05, 0.1) is 10.6 Å². The van der Waals surface area contributed by atoms with Crippen molar-refractivity contribution in [2.24, 2.45) is 0 Å². The van der Waals surface area contributed by atoms with E-state index in [2.05, 4.69) is 15.0 Å². The second-order valence-electron chi connectivity index (χ2n) is 2.57. The van der Waals surface area contributed by atoms with Crippen LogP contribution in [0.5, 0.6) is 0 Å². The molecule has 14 heavy (non-hydrogen) atoms. The van der Waals surface area contributed by atoms with Gasteiger partial charge in [0.1, 0.15) is 0 Å². The molecule has 72 valence electrons. The third-order valence-corrected chi connectivity index (χ3v) is 2.35. The number of thiophene rings is 1. The maximum absolute atomic E-state index is 5.71. The molecule has 0 saturated heterocycles. The van der Waals surface area contributed by atoms with Crippen molar-refractivity contribution in [3.8, 4) is 11.4 Å². The molecule has 2 aromatic heterocycles. The molecule has 0 atom stereocenters. The van der Waals surface area contributed by atoms with E-state index in [1.54, 1.807) is 0 Å². The van der Waals surface area contributed by atoms with Crippen LogP contribution in [0.2, 0.25) is 0 Å². The van der Waals surface area contributed by atoms with Gasteiger partial charge in [-0.3, -0.25) is 0 Å². The lowest BCUT2D eigenvalue weighted by atomic mass is 10.3. The summed E-state index contributed by atoms with van der Waals surface area (Å²) >= 11 is 1.41. The van der Waals surface area contributed by atoms with Crippen LogP contribution < -0.4 is 17.2 Å². The largest absolute Gasteiger partial charge is 0.390 e. The summed E-state index contributed by atoms with van der Waals surface area (Å²) < 4.78 is 0. The summed E-state index contributed by atoms with van der Waals surface area (Å²) in [5.74, 6) is 0.602. The van der Waals surface area contributed by atoms with Crippen LogP contribution in [-0.4, -0.2) is 15.0 Å². The number of nitrogens with two attached hydrogens (primary N) is 3. The molecule has 0 bridgehead atoms. The molecule has 6 N–H and O–H groups in total. The Balaban J connectivity index is 2.57. The molecule has 0 aliphatic heterocycles. The van der Waals surface area contributed by atoms with Crippen LogP contribution in [0.4, 0.5) is 16.9 Å². The van der Waals surface area contributed by atoms with E-state index in [9.17, 15) is 0 Å². The maximum Gasteiger partial charge on any atom is 0.225 e. The standard InChI is InChI=1S/C7H8N6S/c8-4-3(1-2-14-4)5-11-6(9)13-7(10)12-5/h1-2H,8H2,(H4,9,10,11,12,13). The minimum absolute atomic E-state index is 0.0955. The van der Waals surface area contributed by atoms with E-state index in [4.69, 9.17) is 17.2 Å². The van der Waals surface area contributed by atoms with Gasteiger partial charge in [0, 0.05) is 0 Å². The predicted octanol–water partition coefficient (Wildman–Crippen LogP) is 0.347. The Morgan fingerprint density at radius 1 is 1.00 bits per heavy atom. The summed E-state index contributed by atoms with van der Waals surface area (Å²) in [5, 5.41) is 2.48. The summed E-state index contributed by atoms with van der Waals surface area (Å²) in [6.07, 6.45) is 0. The normalized spacial score (nSPS) is 10.3. The molecule has 2 aromatic rings.